The monoisotopic (exact) mass is 232 g/mol. The molecule has 0 saturated carbocycles. The zero-order valence-electron chi connectivity index (χ0n) is 10.8. The summed E-state index contributed by atoms with van der Waals surface area (Å²) >= 11 is 0. The van der Waals surface area contributed by atoms with Crippen molar-refractivity contribution >= 4 is 5.97 Å². The molecule has 0 atom stereocenters. The molecule has 1 aromatic rings. The van der Waals surface area contributed by atoms with Crippen molar-refractivity contribution in [2.45, 2.75) is 40.0 Å². The summed E-state index contributed by atoms with van der Waals surface area (Å²) in [5.74, 6) is 0.352. The summed E-state index contributed by atoms with van der Waals surface area (Å²) in [6.45, 7) is 5.97. The van der Waals surface area contributed by atoms with E-state index in [1.165, 1.54) is 0 Å². The molecule has 0 fully saturated rings. The van der Waals surface area contributed by atoms with Gasteiger partial charge in [0.2, 0.25) is 0 Å². The number of unbranched alkanes of at least 4 members (excludes halogenated alkanes) is 1. The lowest BCUT2D eigenvalue weighted by molar-refractivity contribution is -0.130. The van der Waals surface area contributed by atoms with Crippen LogP contribution in [0.25, 0.3) is 0 Å². The second kappa shape index (κ2) is 6.89. The molecule has 0 unspecified atom stereocenters. The van der Waals surface area contributed by atoms with Gasteiger partial charge < -0.3 is 4.74 Å². The van der Waals surface area contributed by atoms with Gasteiger partial charge in [0.15, 0.2) is 0 Å². The Morgan fingerprint density at radius 1 is 1.18 bits per heavy atom. The summed E-state index contributed by atoms with van der Waals surface area (Å²) in [6, 6.07) is 9.17. The Bertz CT molecular complexity index is 391. The van der Waals surface area contributed by atoms with Gasteiger partial charge in [0.1, 0.15) is 5.75 Å². The molecule has 2 heteroatoms. The van der Waals surface area contributed by atoms with Crippen molar-refractivity contribution in [1.29, 1.82) is 0 Å². The highest BCUT2D eigenvalue weighted by Gasteiger charge is 2.09. The molecule has 0 N–H and O–H groups in total. The average Bonchev–Trinajstić information content (AvgIpc) is 2.36. The van der Waals surface area contributed by atoms with Crippen LogP contribution in [-0.2, 0) is 4.79 Å². The largest absolute Gasteiger partial charge is 0.423 e. The van der Waals surface area contributed by atoms with Gasteiger partial charge in [0.05, 0.1) is 0 Å². The molecule has 0 aliphatic heterocycles. The minimum Gasteiger partial charge on any atom is -0.423 e. The van der Waals surface area contributed by atoms with Crippen LogP contribution in [0.3, 0.4) is 0 Å². The van der Waals surface area contributed by atoms with E-state index in [9.17, 15) is 4.79 Å². The quantitative estimate of drug-likeness (QED) is 0.433. The van der Waals surface area contributed by atoms with Crippen molar-refractivity contribution in [3.8, 4) is 5.75 Å². The number of esters is 1. The maximum Gasteiger partial charge on any atom is 0.339 e. The minimum absolute atomic E-state index is 0.246. The molecule has 0 aliphatic carbocycles. The van der Waals surface area contributed by atoms with Crippen molar-refractivity contribution in [2.24, 2.45) is 0 Å². The molecule has 0 bridgehead atoms. The van der Waals surface area contributed by atoms with E-state index in [0.717, 1.165) is 30.4 Å². The van der Waals surface area contributed by atoms with E-state index in [-0.39, 0.29) is 5.97 Å². The van der Waals surface area contributed by atoms with Gasteiger partial charge in [0.25, 0.3) is 0 Å². The van der Waals surface area contributed by atoms with Crippen molar-refractivity contribution in [3.63, 3.8) is 0 Å². The van der Waals surface area contributed by atoms with E-state index in [1.807, 2.05) is 32.0 Å². The van der Waals surface area contributed by atoms with Crippen LogP contribution in [0.5, 0.6) is 5.75 Å². The lowest BCUT2D eigenvalue weighted by atomic mass is 10.1. The number of allylic oxidation sites excluding steroid dienone is 1. The Labute approximate surface area is 103 Å². The number of benzene rings is 1. The standard InChI is InChI=1S/C15H20O2/c1-4-5-9-12(2)13(3)15(16)17-14-10-7-6-8-11-14/h6-8,10-11H,4-5,9H2,1-3H3. The second-order valence-corrected chi connectivity index (χ2v) is 4.21. The molecular weight excluding hydrogens is 212 g/mol. The van der Waals surface area contributed by atoms with E-state index in [0.29, 0.717) is 5.75 Å². The first-order valence-corrected chi connectivity index (χ1v) is 6.08. The van der Waals surface area contributed by atoms with Crippen LogP contribution in [0.2, 0.25) is 0 Å². The predicted octanol–water partition coefficient (Wildman–Crippen LogP) is 4.12. The molecule has 0 heterocycles. The summed E-state index contributed by atoms with van der Waals surface area (Å²) < 4.78 is 5.28. The van der Waals surface area contributed by atoms with E-state index in [2.05, 4.69) is 6.92 Å². The van der Waals surface area contributed by atoms with Gasteiger partial charge in [-0.1, -0.05) is 37.1 Å². The van der Waals surface area contributed by atoms with E-state index in [4.69, 9.17) is 4.74 Å². The highest BCUT2D eigenvalue weighted by molar-refractivity contribution is 5.90. The van der Waals surface area contributed by atoms with Gasteiger partial charge >= 0.3 is 5.97 Å². The molecule has 0 radical (unpaired) electrons. The molecule has 0 aromatic heterocycles. The van der Waals surface area contributed by atoms with Crippen molar-refractivity contribution in [2.75, 3.05) is 0 Å². The first-order valence-electron chi connectivity index (χ1n) is 6.08. The molecule has 0 spiro atoms. The topological polar surface area (TPSA) is 26.3 Å². The number of carbonyl (C=O) groups excluding carboxylic acids is 1. The van der Waals surface area contributed by atoms with E-state index in [1.54, 1.807) is 12.1 Å². The van der Waals surface area contributed by atoms with Crippen molar-refractivity contribution in [3.05, 3.63) is 41.5 Å². The predicted molar refractivity (Wildman–Crippen MR) is 70.0 cm³/mol. The number of hydrogen-bond acceptors (Lipinski definition) is 2. The lowest BCUT2D eigenvalue weighted by Gasteiger charge is -2.07. The van der Waals surface area contributed by atoms with Crippen LogP contribution in [0.4, 0.5) is 0 Å². The Kier molecular flexibility index (Phi) is 5.47. The number of carbonyl (C=O) groups is 1. The highest BCUT2D eigenvalue weighted by atomic mass is 16.5. The first kappa shape index (κ1) is 13.5. The van der Waals surface area contributed by atoms with E-state index < -0.39 is 0 Å². The zero-order valence-corrected chi connectivity index (χ0v) is 10.8. The fraction of sp³-hybridized carbons (Fsp3) is 0.400. The third-order valence-electron chi connectivity index (χ3n) is 2.81. The maximum atomic E-state index is 11.8. The van der Waals surface area contributed by atoms with Gasteiger partial charge in [-0.05, 0) is 38.8 Å². The molecule has 92 valence electrons. The molecule has 2 nitrogen and oxygen atoms in total. The number of para-hydroxylation sites is 1. The number of hydrogen-bond donors (Lipinski definition) is 0. The van der Waals surface area contributed by atoms with Gasteiger partial charge in [0, 0.05) is 5.57 Å². The normalized spacial score (nSPS) is 11.9. The fourth-order valence-corrected chi connectivity index (χ4v) is 1.48. The molecule has 0 aliphatic rings. The maximum absolute atomic E-state index is 11.8. The molecule has 0 amide bonds. The molecular formula is C15H20O2. The van der Waals surface area contributed by atoms with Crippen LogP contribution in [-0.4, -0.2) is 5.97 Å². The minimum atomic E-state index is -0.246. The number of rotatable bonds is 5. The molecule has 1 aromatic carbocycles. The Hall–Kier alpha value is -1.57. The van der Waals surface area contributed by atoms with Gasteiger partial charge in [-0.2, -0.15) is 0 Å². The van der Waals surface area contributed by atoms with Crippen molar-refractivity contribution in [1.82, 2.24) is 0 Å². The second-order valence-electron chi connectivity index (χ2n) is 4.21. The third-order valence-corrected chi connectivity index (χ3v) is 2.81. The summed E-state index contributed by atoms with van der Waals surface area (Å²) in [7, 11) is 0. The average molecular weight is 232 g/mol. The van der Waals surface area contributed by atoms with Gasteiger partial charge in [-0.25, -0.2) is 4.79 Å². The third kappa shape index (κ3) is 4.43. The Morgan fingerprint density at radius 3 is 2.41 bits per heavy atom. The Morgan fingerprint density at radius 2 is 1.82 bits per heavy atom. The van der Waals surface area contributed by atoms with Crippen LogP contribution < -0.4 is 4.74 Å². The zero-order chi connectivity index (χ0) is 12.7. The fourth-order valence-electron chi connectivity index (χ4n) is 1.48. The molecule has 0 saturated heterocycles. The van der Waals surface area contributed by atoms with Crippen LogP contribution in [0.15, 0.2) is 41.5 Å². The highest BCUT2D eigenvalue weighted by Crippen LogP contribution is 2.15. The lowest BCUT2D eigenvalue weighted by Crippen LogP contribution is -2.10. The SMILES string of the molecule is CCCCC(C)=C(C)C(=O)Oc1ccccc1. The van der Waals surface area contributed by atoms with E-state index >= 15 is 0 Å². The first-order chi connectivity index (χ1) is 8.15. The van der Waals surface area contributed by atoms with Crippen LogP contribution in [0, 0.1) is 0 Å². The summed E-state index contributed by atoms with van der Waals surface area (Å²) in [6.07, 6.45) is 3.21. The summed E-state index contributed by atoms with van der Waals surface area (Å²) in [5, 5.41) is 0. The van der Waals surface area contributed by atoms with Gasteiger partial charge in [-0.3, -0.25) is 0 Å². The van der Waals surface area contributed by atoms with Crippen molar-refractivity contribution < 1.29 is 9.53 Å². The Balaban J connectivity index is 2.64. The smallest absolute Gasteiger partial charge is 0.339 e. The van der Waals surface area contributed by atoms with Gasteiger partial charge in [-0.15, -0.1) is 0 Å². The molecule has 17 heavy (non-hydrogen) atoms. The van der Waals surface area contributed by atoms with Crippen LogP contribution in [0.1, 0.15) is 40.0 Å². The van der Waals surface area contributed by atoms with Crippen LogP contribution >= 0.6 is 0 Å². The summed E-state index contributed by atoms with van der Waals surface area (Å²) in [5.41, 5.74) is 1.84. The summed E-state index contributed by atoms with van der Waals surface area (Å²) in [4.78, 5) is 11.8. The number of ether oxygens (including phenoxy) is 1. The molecule has 1 rings (SSSR count).